The average molecular weight is 323 g/mol. The molecule has 24 heavy (non-hydrogen) atoms. The van der Waals surface area contributed by atoms with Crippen LogP contribution in [0.1, 0.15) is 44.1 Å². The SMILES string of the molecule is c1ccc2c(CCOC3CCCCC3N3CCCC3)cccc2c1. The molecule has 2 nitrogen and oxygen atoms in total. The molecule has 2 heteroatoms. The van der Waals surface area contributed by atoms with E-state index in [4.69, 9.17) is 4.74 Å². The van der Waals surface area contributed by atoms with E-state index >= 15 is 0 Å². The summed E-state index contributed by atoms with van der Waals surface area (Å²) in [7, 11) is 0. The van der Waals surface area contributed by atoms with Crippen molar-refractivity contribution in [2.75, 3.05) is 19.7 Å². The van der Waals surface area contributed by atoms with Crippen LogP contribution in [0.3, 0.4) is 0 Å². The minimum atomic E-state index is 0.451. The third-order valence-electron chi connectivity index (χ3n) is 5.86. The number of ether oxygens (including phenoxy) is 1. The van der Waals surface area contributed by atoms with Gasteiger partial charge in [-0.3, -0.25) is 4.90 Å². The molecule has 2 fully saturated rings. The van der Waals surface area contributed by atoms with Crippen molar-refractivity contribution in [1.82, 2.24) is 4.90 Å². The van der Waals surface area contributed by atoms with E-state index in [1.54, 1.807) is 0 Å². The van der Waals surface area contributed by atoms with Crippen LogP contribution in [0.4, 0.5) is 0 Å². The molecule has 1 aliphatic carbocycles. The maximum absolute atomic E-state index is 6.42. The summed E-state index contributed by atoms with van der Waals surface area (Å²) in [6, 6.07) is 16.0. The minimum Gasteiger partial charge on any atom is -0.376 e. The first-order chi connectivity index (χ1) is 11.9. The van der Waals surface area contributed by atoms with Gasteiger partial charge in [0.05, 0.1) is 12.7 Å². The third kappa shape index (κ3) is 3.50. The van der Waals surface area contributed by atoms with Crippen molar-refractivity contribution in [3.63, 3.8) is 0 Å². The minimum absolute atomic E-state index is 0.451. The Morgan fingerprint density at radius 2 is 1.67 bits per heavy atom. The van der Waals surface area contributed by atoms with Gasteiger partial charge in [0.25, 0.3) is 0 Å². The molecule has 1 saturated carbocycles. The molecule has 0 spiro atoms. The van der Waals surface area contributed by atoms with Gasteiger partial charge in [-0.05, 0) is 61.5 Å². The molecule has 1 aliphatic heterocycles. The molecule has 0 amide bonds. The van der Waals surface area contributed by atoms with Crippen molar-refractivity contribution in [2.45, 2.75) is 57.1 Å². The van der Waals surface area contributed by atoms with Crippen LogP contribution in [0, 0.1) is 0 Å². The van der Waals surface area contributed by atoms with Crippen molar-refractivity contribution < 1.29 is 4.74 Å². The highest BCUT2D eigenvalue weighted by Crippen LogP contribution is 2.28. The van der Waals surface area contributed by atoms with Crippen LogP contribution in [0.2, 0.25) is 0 Å². The summed E-state index contributed by atoms with van der Waals surface area (Å²) in [5.74, 6) is 0. The average Bonchev–Trinajstić information content (AvgIpc) is 3.17. The lowest BCUT2D eigenvalue weighted by Gasteiger charge is -2.37. The molecule has 0 aromatic heterocycles. The number of hydrogen-bond acceptors (Lipinski definition) is 2. The first-order valence-corrected chi connectivity index (χ1v) is 9.74. The van der Waals surface area contributed by atoms with Crippen LogP contribution < -0.4 is 0 Å². The molecule has 0 radical (unpaired) electrons. The second-order valence-corrected chi connectivity index (χ2v) is 7.39. The Morgan fingerprint density at radius 3 is 2.58 bits per heavy atom. The van der Waals surface area contributed by atoms with E-state index in [0.717, 1.165) is 13.0 Å². The number of rotatable bonds is 5. The Kier molecular flexibility index (Phi) is 5.15. The highest BCUT2D eigenvalue weighted by Gasteiger charge is 2.31. The molecule has 128 valence electrons. The lowest BCUT2D eigenvalue weighted by Crippen LogP contribution is -2.45. The first-order valence-electron chi connectivity index (χ1n) is 9.74. The van der Waals surface area contributed by atoms with Gasteiger partial charge in [0.15, 0.2) is 0 Å². The Hall–Kier alpha value is -1.38. The molecular weight excluding hydrogens is 294 g/mol. The van der Waals surface area contributed by atoms with E-state index in [9.17, 15) is 0 Å². The van der Waals surface area contributed by atoms with Gasteiger partial charge in [0.2, 0.25) is 0 Å². The zero-order valence-electron chi connectivity index (χ0n) is 14.6. The van der Waals surface area contributed by atoms with Crippen molar-refractivity contribution >= 4 is 10.8 Å². The van der Waals surface area contributed by atoms with Gasteiger partial charge < -0.3 is 4.74 Å². The zero-order chi connectivity index (χ0) is 16.2. The number of hydrogen-bond donors (Lipinski definition) is 0. The second-order valence-electron chi connectivity index (χ2n) is 7.39. The van der Waals surface area contributed by atoms with E-state index in [-0.39, 0.29) is 0 Å². The predicted octanol–water partition coefficient (Wildman–Crippen LogP) is 4.81. The van der Waals surface area contributed by atoms with Crippen LogP contribution in [0.5, 0.6) is 0 Å². The van der Waals surface area contributed by atoms with Crippen molar-refractivity contribution in [3.8, 4) is 0 Å². The normalized spacial score (nSPS) is 25.3. The van der Waals surface area contributed by atoms with E-state index in [0.29, 0.717) is 12.1 Å². The van der Waals surface area contributed by atoms with Crippen molar-refractivity contribution in [2.24, 2.45) is 0 Å². The number of nitrogens with zero attached hydrogens (tertiary/aromatic N) is 1. The number of likely N-dealkylation sites (tertiary alicyclic amines) is 1. The maximum atomic E-state index is 6.42. The van der Waals surface area contributed by atoms with Gasteiger partial charge in [-0.15, -0.1) is 0 Å². The highest BCUT2D eigenvalue weighted by atomic mass is 16.5. The van der Waals surface area contributed by atoms with Crippen molar-refractivity contribution in [1.29, 1.82) is 0 Å². The second kappa shape index (κ2) is 7.67. The largest absolute Gasteiger partial charge is 0.376 e. The number of fused-ring (bicyclic) bond motifs is 1. The van der Waals surface area contributed by atoms with Crippen LogP contribution in [-0.2, 0) is 11.2 Å². The fourth-order valence-corrected chi connectivity index (χ4v) is 4.59. The molecule has 4 rings (SSSR count). The molecule has 1 heterocycles. The standard InChI is InChI=1S/C22H29NO/c1-2-11-20-18(8-1)9-7-10-19(20)14-17-24-22-13-4-3-12-21(22)23-15-5-6-16-23/h1-2,7-11,21-22H,3-6,12-17H2. The third-order valence-corrected chi connectivity index (χ3v) is 5.86. The molecule has 0 N–H and O–H groups in total. The molecule has 0 bridgehead atoms. The number of benzene rings is 2. The van der Waals surface area contributed by atoms with Gasteiger partial charge in [0.1, 0.15) is 0 Å². The quantitative estimate of drug-likeness (QED) is 0.783. The van der Waals surface area contributed by atoms with E-state index in [2.05, 4.69) is 47.4 Å². The lowest BCUT2D eigenvalue weighted by atomic mass is 9.91. The summed E-state index contributed by atoms with van der Waals surface area (Å²) >= 11 is 0. The van der Waals surface area contributed by atoms with Crippen LogP contribution in [0.25, 0.3) is 10.8 Å². The summed E-state index contributed by atoms with van der Waals surface area (Å²) in [5, 5.41) is 2.71. The van der Waals surface area contributed by atoms with E-state index in [1.165, 1.54) is 68.0 Å². The Labute approximate surface area is 145 Å². The topological polar surface area (TPSA) is 12.5 Å². The molecule has 2 aliphatic rings. The highest BCUT2D eigenvalue weighted by molar-refractivity contribution is 5.85. The monoisotopic (exact) mass is 323 g/mol. The molecular formula is C22H29NO. The Bertz CT molecular complexity index is 657. The first kappa shape index (κ1) is 16.1. The Balaban J connectivity index is 1.38. The van der Waals surface area contributed by atoms with Gasteiger partial charge in [-0.25, -0.2) is 0 Å². The van der Waals surface area contributed by atoms with Crippen LogP contribution in [0.15, 0.2) is 42.5 Å². The van der Waals surface area contributed by atoms with Gasteiger partial charge in [-0.1, -0.05) is 55.3 Å². The molecule has 2 atom stereocenters. The van der Waals surface area contributed by atoms with Gasteiger partial charge >= 0.3 is 0 Å². The Morgan fingerprint density at radius 1 is 0.875 bits per heavy atom. The van der Waals surface area contributed by atoms with E-state index in [1.807, 2.05) is 0 Å². The van der Waals surface area contributed by atoms with Gasteiger partial charge in [0, 0.05) is 6.04 Å². The summed E-state index contributed by atoms with van der Waals surface area (Å²) in [6.07, 6.45) is 9.51. The summed E-state index contributed by atoms with van der Waals surface area (Å²) in [5.41, 5.74) is 1.42. The van der Waals surface area contributed by atoms with Crippen molar-refractivity contribution in [3.05, 3.63) is 48.0 Å². The fraction of sp³-hybridized carbons (Fsp3) is 0.545. The lowest BCUT2D eigenvalue weighted by molar-refractivity contribution is -0.0289. The predicted molar refractivity (Wildman–Crippen MR) is 100 cm³/mol. The zero-order valence-corrected chi connectivity index (χ0v) is 14.6. The fourth-order valence-electron chi connectivity index (χ4n) is 4.59. The van der Waals surface area contributed by atoms with Gasteiger partial charge in [-0.2, -0.15) is 0 Å². The molecule has 1 saturated heterocycles. The molecule has 2 aromatic rings. The van der Waals surface area contributed by atoms with Crippen LogP contribution in [-0.4, -0.2) is 36.7 Å². The van der Waals surface area contributed by atoms with Crippen LogP contribution >= 0.6 is 0 Å². The molecule has 2 unspecified atom stereocenters. The molecule has 2 aromatic carbocycles. The maximum Gasteiger partial charge on any atom is 0.0730 e. The summed E-state index contributed by atoms with van der Waals surface area (Å²) in [6.45, 7) is 3.42. The summed E-state index contributed by atoms with van der Waals surface area (Å²) in [4.78, 5) is 2.70. The smallest absolute Gasteiger partial charge is 0.0730 e. The van der Waals surface area contributed by atoms with E-state index < -0.39 is 0 Å². The summed E-state index contributed by atoms with van der Waals surface area (Å²) < 4.78 is 6.42.